The number of nitrogen functional groups attached to an aromatic ring is 1. The van der Waals surface area contributed by atoms with Gasteiger partial charge in [0, 0.05) is 18.9 Å². The van der Waals surface area contributed by atoms with Crippen molar-refractivity contribution in [3.05, 3.63) is 41.2 Å². The van der Waals surface area contributed by atoms with E-state index in [0.717, 1.165) is 29.7 Å². The van der Waals surface area contributed by atoms with Gasteiger partial charge in [0.25, 0.3) is 5.91 Å². The molecular weight excluding hydrogens is 252 g/mol. The fourth-order valence-corrected chi connectivity index (χ4v) is 2.26. The van der Waals surface area contributed by atoms with Crippen LogP contribution in [-0.2, 0) is 19.9 Å². The summed E-state index contributed by atoms with van der Waals surface area (Å²) in [5.41, 5.74) is 9.56. The lowest BCUT2D eigenvalue weighted by molar-refractivity contribution is 0.102. The van der Waals surface area contributed by atoms with Gasteiger partial charge in [-0.1, -0.05) is 32.0 Å². The number of nitrogens with zero attached hydrogens (tertiary/aromatic N) is 2. The fourth-order valence-electron chi connectivity index (χ4n) is 2.26. The van der Waals surface area contributed by atoms with Crippen LogP contribution >= 0.6 is 0 Å². The molecule has 20 heavy (non-hydrogen) atoms. The summed E-state index contributed by atoms with van der Waals surface area (Å²) in [4.78, 5) is 12.3. The van der Waals surface area contributed by atoms with Gasteiger partial charge in [-0.15, -0.1) is 0 Å². The molecule has 0 aliphatic heterocycles. The molecule has 5 heteroatoms. The lowest BCUT2D eigenvalue weighted by atomic mass is 10.0. The number of benzene rings is 1. The number of aryl methyl sites for hydroxylation is 3. The largest absolute Gasteiger partial charge is 0.396 e. The van der Waals surface area contributed by atoms with Crippen LogP contribution in [0.25, 0.3) is 0 Å². The lowest BCUT2D eigenvalue weighted by Gasteiger charge is -2.13. The van der Waals surface area contributed by atoms with Crippen molar-refractivity contribution < 1.29 is 4.79 Å². The van der Waals surface area contributed by atoms with E-state index >= 15 is 0 Å². The molecule has 0 aliphatic rings. The topological polar surface area (TPSA) is 72.9 Å². The van der Waals surface area contributed by atoms with Crippen molar-refractivity contribution in [2.45, 2.75) is 26.7 Å². The number of nitrogens with two attached hydrogens (primary N) is 1. The highest BCUT2D eigenvalue weighted by Crippen LogP contribution is 2.23. The summed E-state index contributed by atoms with van der Waals surface area (Å²) in [5, 5.41) is 7.05. The first kappa shape index (κ1) is 14.1. The summed E-state index contributed by atoms with van der Waals surface area (Å²) < 4.78 is 1.54. The highest BCUT2D eigenvalue weighted by Gasteiger charge is 2.16. The van der Waals surface area contributed by atoms with Gasteiger partial charge in [-0.05, 0) is 24.0 Å². The Labute approximate surface area is 118 Å². The van der Waals surface area contributed by atoms with Gasteiger partial charge in [-0.2, -0.15) is 5.10 Å². The van der Waals surface area contributed by atoms with Gasteiger partial charge in [0.15, 0.2) is 5.69 Å². The van der Waals surface area contributed by atoms with Crippen LogP contribution in [0.1, 0.15) is 35.5 Å². The van der Waals surface area contributed by atoms with E-state index in [9.17, 15) is 4.79 Å². The molecule has 5 nitrogen and oxygen atoms in total. The van der Waals surface area contributed by atoms with Crippen LogP contribution in [-0.4, -0.2) is 15.7 Å². The van der Waals surface area contributed by atoms with E-state index in [1.807, 2.05) is 18.2 Å². The third-order valence-electron chi connectivity index (χ3n) is 3.31. The molecule has 1 aromatic carbocycles. The summed E-state index contributed by atoms with van der Waals surface area (Å²) in [5.74, 6) is -0.265. The zero-order valence-corrected chi connectivity index (χ0v) is 12.1. The maximum absolute atomic E-state index is 12.3. The van der Waals surface area contributed by atoms with E-state index in [4.69, 9.17) is 5.73 Å². The second-order valence-corrected chi connectivity index (χ2v) is 4.72. The number of nitrogens with one attached hydrogen (secondary N) is 1. The van der Waals surface area contributed by atoms with Gasteiger partial charge < -0.3 is 11.1 Å². The molecule has 0 saturated carbocycles. The third kappa shape index (κ3) is 2.66. The summed E-state index contributed by atoms with van der Waals surface area (Å²) >= 11 is 0. The number of rotatable bonds is 4. The molecule has 3 N–H and O–H groups in total. The molecule has 0 saturated heterocycles. The Balaban J connectivity index is 2.34. The number of amides is 1. The van der Waals surface area contributed by atoms with Crippen LogP contribution in [0.5, 0.6) is 0 Å². The standard InChI is InChI=1S/C15H20N4O/c1-4-10-7-6-8-11(5-2)13(10)17-15(20)14-12(16)9-19(3)18-14/h6-9H,4-5,16H2,1-3H3,(H,17,20). The first-order valence-electron chi connectivity index (χ1n) is 6.78. The molecule has 0 spiro atoms. The van der Waals surface area contributed by atoms with Crippen molar-refractivity contribution in [1.29, 1.82) is 0 Å². The third-order valence-corrected chi connectivity index (χ3v) is 3.31. The van der Waals surface area contributed by atoms with Crippen molar-refractivity contribution in [2.24, 2.45) is 7.05 Å². The highest BCUT2D eigenvalue weighted by molar-refractivity contribution is 6.06. The van der Waals surface area contributed by atoms with Crippen molar-refractivity contribution in [3.8, 4) is 0 Å². The summed E-state index contributed by atoms with van der Waals surface area (Å²) in [6.07, 6.45) is 3.35. The average Bonchev–Trinajstić information content (AvgIpc) is 2.78. The Hall–Kier alpha value is -2.30. The molecule has 106 valence electrons. The van der Waals surface area contributed by atoms with Crippen LogP contribution in [0.15, 0.2) is 24.4 Å². The Morgan fingerprint density at radius 3 is 2.35 bits per heavy atom. The Morgan fingerprint density at radius 1 is 1.30 bits per heavy atom. The van der Waals surface area contributed by atoms with E-state index in [0.29, 0.717) is 5.69 Å². The SMILES string of the molecule is CCc1cccc(CC)c1NC(=O)c1nn(C)cc1N. The molecule has 0 fully saturated rings. The number of hydrogen-bond acceptors (Lipinski definition) is 3. The second kappa shape index (κ2) is 5.77. The monoisotopic (exact) mass is 272 g/mol. The smallest absolute Gasteiger partial charge is 0.278 e. The zero-order valence-electron chi connectivity index (χ0n) is 12.1. The maximum Gasteiger partial charge on any atom is 0.278 e. The average molecular weight is 272 g/mol. The predicted octanol–water partition coefficient (Wildman–Crippen LogP) is 2.38. The van der Waals surface area contributed by atoms with Crippen molar-refractivity contribution >= 4 is 17.3 Å². The minimum atomic E-state index is -0.265. The predicted molar refractivity (Wildman–Crippen MR) is 80.8 cm³/mol. The molecular formula is C15H20N4O. The van der Waals surface area contributed by atoms with Crippen LogP contribution in [0.2, 0.25) is 0 Å². The molecule has 2 rings (SSSR count). The summed E-state index contributed by atoms with van der Waals surface area (Å²) in [6, 6.07) is 6.07. The highest BCUT2D eigenvalue weighted by atomic mass is 16.2. The van der Waals surface area contributed by atoms with E-state index in [2.05, 4.69) is 24.3 Å². The van der Waals surface area contributed by atoms with E-state index < -0.39 is 0 Å². The minimum absolute atomic E-state index is 0.264. The van der Waals surface area contributed by atoms with E-state index in [-0.39, 0.29) is 11.6 Å². The van der Waals surface area contributed by atoms with Crippen LogP contribution < -0.4 is 11.1 Å². The molecule has 0 atom stereocenters. The van der Waals surface area contributed by atoms with E-state index in [1.165, 1.54) is 4.68 Å². The molecule has 0 bridgehead atoms. The Morgan fingerprint density at radius 2 is 1.90 bits per heavy atom. The molecule has 2 aromatic rings. The molecule has 1 heterocycles. The molecule has 0 radical (unpaired) electrons. The van der Waals surface area contributed by atoms with Crippen molar-refractivity contribution in [1.82, 2.24) is 9.78 Å². The number of hydrogen-bond donors (Lipinski definition) is 2. The van der Waals surface area contributed by atoms with Crippen molar-refractivity contribution in [2.75, 3.05) is 11.1 Å². The normalized spacial score (nSPS) is 10.6. The number of anilines is 2. The maximum atomic E-state index is 12.3. The Kier molecular flexibility index (Phi) is 4.08. The van der Waals surface area contributed by atoms with Crippen molar-refractivity contribution in [3.63, 3.8) is 0 Å². The van der Waals surface area contributed by atoms with Crippen LogP contribution in [0.4, 0.5) is 11.4 Å². The number of para-hydroxylation sites is 1. The van der Waals surface area contributed by atoms with Gasteiger partial charge >= 0.3 is 0 Å². The number of aromatic nitrogens is 2. The molecule has 1 amide bonds. The quantitative estimate of drug-likeness (QED) is 0.897. The first-order chi connectivity index (χ1) is 9.56. The first-order valence-corrected chi connectivity index (χ1v) is 6.78. The minimum Gasteiger partial charge on any atom is -0.396 e. The number of carbonyl (C=O) groups is 1. The molecule has 0 unspecified atom stereocenters. The van der Waals surface area contributed by atoms with Gasteiger partial charge in [-0.25, -0.2) is 0 Å². The second-order valence-electron chi connectivity index (χ2n) is 4.72. The van der Waals surface area contributed by atoms with E-state index in [1.54, 1.807) is 13.2 Å². The summed E-state index contributed by atoms with van der Waals surface area (Å²) in [7, 11) is 1.74. The molecule has 1 aromatic heterocycles. The Bertz CT molecular complexity index is 609. The van der Waals surface area contributed by atoms with Gasteiger partial charge in [-0.3, -0.25) is 9.48 Å². The summed E-state index contributed by atoms with van der Waals surface area (Å²) in [6.45, 7) is 4.14. The number of carbonyl (C=O) groups excluding carboxylic acids is 1. The molecule has 0 aliphatic carbocycles. The van der Waals surface area contributed by atoms with Gasteiger partial charge in [0.1, 0.15) is 0 Å². The lowest BCUT2D eigenvalue weighted by Crippen LogP contribution is -2.17. The fraction of sp³-hybridized carbons (Fsp3) is 0.333. The zero-order chi connectivity index (χ0) is 14.7. The van der Waals surface area contributed by atoms with Gasteiger partial charge in [0.05, 0.1) is 5.69 Å². The van der Waals surface area contributed by atoms with Crippen LogP contribution in [0, 0.1) is 0 Å². The van der Waals surface area contributed by atoms with Gasteiger partial charge in [0.2, 0.25) is 0 Å². The van der Waals surface area contributed by atoms with Crippen LogP contribution in [0.3, 0.4) is 0 Å².